The van der Waals surface area contributed by atoms with Gasteiger partial charge in [0.25, 0.3) is 0 Å². The molecule has 8 heteroatoms. The number of hydrogen-bond acceptors (Lipinski definition) is 5. The molecular weight excluding hydrogens is 304 g/mol. The molecule has 5 nitrogen and oxygen atoms in total. The molecule has 0 aliphatic carbocycles. The number of carbonyl (C=O) groups excluding carboxylic acids is 1. The first-order valence-corrected chi connectivity index (χ1v) is 9.59. The van der Waals surface area contributed by atoms with E-state index in [0.29, 0.717) is 6.42 Å². The second kappa shape index (κ2) is 6.41. The van der Waals surface area contributed by atoms with Crippen LogP contribution in [-0.2, 0) is 14.6 Å². The van der Waals surface area contributed by atoms with Crippen molar-refractivity contribution in [2.75, 3.05) is 30.3 Å². The fourth-order valence-electron chi connectivity index (χ4n) is 2.30. The van der Waals surface area contributed by atoms with E-state index in [2.05, 4.69) is 10.2 Å². The van der Waals surface area contributed by atoms with Gasteiger partial charge in [0.2, 0.25) is 5.91 Å². The first-order valence-electron chi connectivity index (χ1n) is 6.38. The first-order chi connectivity index (χ1) is 8.96. The van der Waals surface area contributed by atoms with Crippen LogP contribution < -0.4 is 5.32 Å². The minimum Gasteiger partial charge on any atom is -0.358 e. The van der Waals surface area contributed by atoms with Crippen molar-refractivity contribution in [3.63, 3.8) is 0 Å². The van der Waals surface area contributed by atoms with Gasteiger partial charge in [-0.1, -0.05) is 24.0 Å². The van der Waals surface area contributed by atoms with Gasteiger partial charge in [0.1, 0.15) is 4.32 Å². The quantitative estimate of drug-likeness (QED) is 0.759. The maximum absolute atomic E-state index is 11.7. The first kappa shape index (κ1) is 15.1. The minimum absolute atomic E-state index is 0.0694. The predicted molar refractivity (Wildman–Crippen MR) is 81.1 cm³/mol. The molecule has 2 aliphatic heterocycles. The number of likely N-dealkylation sites (tertiary alicyclic amines) is 1. The lowest BCUT2D eigenvalue weighted by Crippen LogP contribution is -2.37. The van der Waals surface area contributed by atoms with E-state index in [0.717, 1.165) is 30.3 Å². The van der Waals surface area contributed by atoms with E-state index in [1.165, 1.54) is 11.8 Å². The van der Waals surface area contributed by atoms with Crippen LogP contribution in [0, 0.1) is 0 Å². The third-order valence-electron chi connectivity index (χ3n) is 3.29. The second-order valence-electron chi connectivity index (χ2n) is 4.92. The van der Waals surface area contributed by atoms with Crippen LogP contribution in [0.1, 0.15) is 19.3 Å². The molecule has 2 heterocycles. The molecule has 2 fully saturated rings. The van der Waals surface area contributed by atoms with Crippen LogP contribution >= 0.6 is 24.0 Å². The van der Waals surface area contributed by atoms with Crippen molar-refractivity contribution in [1.29, 1.82) is 0 Å². The highest BCUT2D eigenvalue weighted by molar-refractivity contribution is 8.23. The van der Waals surface area contributed by atoms with Crippen molar-refractivity contribution in [2.24, 2.45) is 0 Å². The summed E-state index contributed by atoms with van der Waals surface area (Å²) in [5.41, 5.74) is 0. The van der Waals surface area contributed by atoms with Crippen molar-refractivity contribution >= 4 is 44.0 Å². The maximum atomic E-state index is 11.7. The van der Waals surface area contributed by atoms with E-state index in [1.54, 1.807) is 0 Å². The van der Waals surface area contributed by atoms with Gasteiger partial charge in [-0.25, -0.2) is 8.42 Å². The van der Waals surface area contributed by atoms with Gasteiger partial charge in [-0.2, -0.15) is 0 Å². The Kier molecular flexibility index (Phi) is 5.08. The normalized spacial score (nSPS) is 25.5. The zero-order valence-corrected chi connectivity index (χ0v) is 13.1. The fourth-order valence-corrected chi connectivity index (χ4v) is 5.03. The molecule has 0 bridgehead atoms. The number of hydrogen-bond donors (Lipinski definition) is 1. The molecule has 0 aromatic heterocycles. The zero-order valence-electron chi connectivity index (χ0n) is 10.6. The molecular formula is C11H18N2O3S3. The molecule has 0 aromatic rings. The number of amides is 1. The highest BCUT2D eigenvalue weighted by atomic mass is 32.2. The minimum atomic E-state index is -2.94. The van der Waals surface area contributed by atoms with Gasteiger partial charge in [-0.05, 0) is 19.3 Å². The number of sulfone groups is 1. The molecule has 1 amide bonds. The highest BCUT2D eigenvalue weighted by Crippen LogP contribution is 2.16. The van der Waals surface area contributed by atoms with Gasteiger partial charge in [0, 0.05) is 19.1 Å². The second-order valence-corrected chi connectivity index (χ2v) is 8.75. The van der Waals surface area contributed by atoms with E-state index in [9.17, 15) is 13.2 Å². The van der Waals surface area contributed by atoms with Crippen molar-refractivity contribution in [1.82, 2.24) is 10.2 Å². The summed E-state index contributed by atoms with van der Waals surface area (Å²) in [6.07, 6.45) is 2.84. The molecule has 2 rings (SSSR count). The van der Waals surface area contributed by atoms with E-state index in [4.69, 9.17) is 12.2 Å². The third kappa shape index (κ3) is 4.61. The SMILES string of the molecule is O=C(CSC(=S)N1CCCC1)N[C@@H]1CCS(=O)(=O)C1. The van der Waals surface area contributed by atoms with Crippen LogP contribution in [0.3, 0.4) is 0 Å². The molecule has 0 saturated carbocycles. The Morgan fingerprint density at radius 2 is 2.05 bits per heavy atom. The standard InChI is InChI=1S/C11H18N2O3S3/c14-10(12-9-3-6-19(15,16)8-9)7-18-11(17)13-4-1-2-5-13/h9H,1-8H2,(H,12,14)/t9-/m1/s1. The number of rotatable bonds is 3. The Balaban J connectivity index is 1.68. The monoisotopic (exact) mass is 322 g/mol. The number of nitrogens with zero attached hydrogens (tertiary/aromatic N) is 1. The third-order valence-corrected chi connectivity index (χ3v) is 6.58. The van der Waals surface area contributed by atoms with Crippen molar-refractivity contribution in [3.05, 3.63) is 0 Å². The van der Waals surface area contributed by atoms with Gasteiger partial charge in [0.05, 0.1) is 17.3 Å². The lowest BCUT2D eigenvalue weighted by atomic mass is 10.3. The van der Waals surface area contributed by atoms with Gasteiger partial charge in [-0.3, -0.25) is 4.79 Å². The van der Waals surface area contributed by atoms with Crippen LogP contribution in [0.5, 0.6) is 0 Å². The fraction of sp³-hybridized carbons (Fsp3) is 0.818. The van der Waals surface area contributed by atoms with E-state index < -0.39 is 9.84 Å². The summed E-state index contributed by atoms with van der Waals surface area (Å²) in [4.78, 5) is 13.8. The summed E-state index contributed by atoms with van der Waals surface area (Å²) in [6.45, 7) is 1.96. The summed E-state index contributed by atoms with van der Waals surface area (Å²) < 4.78 is 23.3. The Morgan fingerprint density at radius 1 is 1.37 bits per heavy atom. The summed E-state index contributed by atoms with van der Waals surface area (Å²) >= 11 is 6.63. The zero-order chi connectivity index (χ0) is 13.9. The summed E-state index contributed by atoms with van der Waals surface area (Å²) in [5.74, 6) is 0.386. The number of nitrogens with one attached hydrogen (secondary N) is 1. The van der Waals surface area contributed by atoms with Crippen molar-refractivity contribution in [2.45, 2.75) is 25.3 Å². The van der Waals surface area contributed by atoms with Gasteiger partial charge in [0.15, 0.2) is 9.84 Å². The Bertz CT molecular complexity index is 458. The number of thiocarbonyl (C=S) groups is 1. The molecule has 19 heavy (non-hydrogen) atoms. The van der Waals surface area contributed by atoms with Crippen molar-refractivity contribution in [3.8, 4) is 0 Å². The molecule has 0 radical (unpaired) electrons. The Labute approximate surface area is 123 Å². The molecule has 0 spiro atoms. The van der Waals surface area contributed by atoms with Crippen LogP contribution in [-0.4, -0.2) is 59.9 Å². The molecule has 0 unspecified atom stereocenters. The van der Waals surface area contributed by atoms with Crippen LogP contribution in [0.2, 0.25) is 0 Å². The maximum Gasteiger partial charge on any atom is 0.230 e. The van der Waals surface area contributed by atoms with Crippen LogP contribution in [0.25, 0.3) is 0 Å². The van der Waals surface area contributed by atoms with E-state index >= 15 is 0 Å². The van der Waals surface area contributed by atoms with Crippen LogP contribution in [0.4, 0.5) is 0 Å². The van der Waals surface area contributed by atoms with Gasteiger partial charge in [-0.15, -0.1) is 0 Å². The average Bonchev–Trinajstić information content (AvgIpc) is 2.96. The summed E-state index contributed by atoms with van der Waals surface area (Å²) in [7, 11) is -2.94. The number of carbonyl (C=O) groups is 1. The van der Waals surface area contributed by atoms with Crippen molar-refractivity contribution < 1.29 is 13.2 Å². The topological polar surface area (TPSA) is 66.5 Å². The largest absolute Gasteiger partial charge is 0.358 e. The highest BCUT2D eigenvalue weighted by Gasteiger charge is 2.29. The van der Waals surface area contributed by atoms with E-state index in [1.807, 2.05) is 0 Å². The Hall–Kier alpha value is -0.340. The summed E-state index contributed by atoms with van der Waals surface area (Å²) in [6, 6.07) is -0.224. The van der Waals surface area contributed by atoms with Crippen LogP contribution in [0.15, 0.2) is 0 Å². The molecule has 2 saturated heterocycles. The molecule has 2 aliphatic rings. The Morgan fingerprint density at radius 3 is 2.63 bits per heavy atom. The van der Waals surface area contributed by atoms with Gasteiger partial charge < -0.3 is 10.2 Å². The molecule has 1 atom stereocenters. The van der Waals surface area contributed by atoms with E-state index in [-0.39, 0.29) is 29.2 Å². The smallest absolute Gasteiger partial charge is 0.230 e. The molecule has 1 N–H and O–H groups in total. The lowest BCUT2D eigenvalue weighted by Gasteiger charge is -2.17. The lowest BCUT2D eigenvalue weighted by molar-refractivity contribution is -0.119. The van der Waals surface area contributed by atoms with Gasteiger partial charge >= 0.3 is 0 Å². The number of thioether (sulfide) groups is 1. The summed E-state index contributed by atoms with van der Waals surface area (Å²) in [5, 5.41) is 2.76. The molecule has 108 valence electrons. The molecule has 0 aromatic carbocycles. The predicted octanol–water partition coefficient (Wildman–Crippen LogP) is 0.404. The average molecular weight is 322 g/mol.